The van der Waals surface area contributed by atoms with Crippen LogP contribution >= 0.6 is 0 Å². The highest BCUT2D eigenvalue weighted by Crippen LogP contribution is 2.44. The highest BCUT2D eigenvalue weighted by molar-refractivity contribution is 6.30. The van der Waals surface area contributed by atoms with Crippen molar-refractivity contribution in [1.82, 2.24) is 9.80 Å². The second-order valence-corrected chi connectivity index (χ2v) is 13.4. The summed E-state index contributed by atoms with van der Waals surface area (Å²) in [5.41, 5.74) is 2.19. The lowest BCUT2D eigenvalue weighted by Crippen LogP contribution is -2.51. The number of rotatable bonds is 12. The highest BCUT2D eigenvalue weighted by atomic mass is 19.1. The average Bonchev–Trinajstić information content (AvgIpc) is 3.45. The van der Waals surface area contributed by atoms with E-state index in [2.05, 4.69) is 0 Å². The Morgan fingerprint density at radius 3 is 1.23 bits per heavy atom. The molecule has 0 saturated heterocycles. The molecule has 2 unspecified atom stereocenters. The Morgan fingerprint density at radius 1 is 0.571 bits per heavy atom. The third kappa shape index (κ3) is 8.31. The lowest BCUT2D eigenvalue weighted by atomic mass is 9.96. The molecule has 0 spiro atoms. The molecule has 2 atom stereocenters. The van der Waals surface area contributed by atoms with Gasteiger partial charge in [0.1, 0.15) is 23.1 Å². The van der Waals surface area contributed by atoms with Crippen LogP contribution in [0, 0.1) is 11.6 Å². The lowest BCUT2D eigenvalue weighted by Gasteiger charge is -2.38. The Hall–Kier alpha value is -5.60. The van der Waals surface area contributed by atoms with Gasteiger partial charge in [-0.05, 0) is 110 Å². The molecule has 56 heavy (non-hydrogen) atoms. The minimum atomic E-state index is -1.98. The van der Waals surface area contributed by atoms with E-state index in [-0.39, 0.29) is 24.6 Å². The van der Waals surface area contributed by atoms with Gasteiger partial charge in [0.2, 0.25) is 0 Å². The van der Waals surface area contributed by atoms with Crippen LogP contribution < -0.4 is 28.4 Å². The molecule has 0 saturated carbocycles. The van der Waals surface area contributed by atoms with Crippen LogP contribution in [0.25, 0.3) is 0 Å². The minimum Gasteiger partial charge on any atom is -0.493 e. The molecule has 2 aliphatic rings. The van der Waals surface area contributed by atoms with Crippen molar-refractivity contribution in [1.29, 1.82) is 0 Å². The van der Waals surface area contributed by atoms with Gasteiger partial charge >= 0.3 is 11.9 Å². The van der Waals surface area contributed by atoms with Gasteiger partial charge in [-0.25, -0.2) is 18.4 Å². The van der Waals surface area contributed by atoms with E-state index < -0.39 is 35.1 Å². The summed E-state index contributed by atoms with van der Waals surface area (Å²) >= 11 is 0. The summed E-state index contributed by atoms with van der Waals surface area (Å²) in [6.45, 7) is 5.98. The van der Waals surface area contributed by atoms with E-state index in [1.54, 1.807) is 24.3 Å². The second-order valence-electron chi connectivity index (χ2n) is 13.4. The highest BCUT2D eigenvalue weighted by Gasteiger charge is 2.50. The quantitative estimate of drug-likeness (QED) is 0.0955. The zero-order chi connectivity index (χ0) is 40.0. The maximum absolute atomic E-state index is 14.5. The zero-order valence-electron chi connectivity index (χ0n) is 32.3. The molecule has 2 aliphatic heterocycles. The van der Waals surface area contributed by atoms with E-state index in [4.69, 9.17) is 37.9 Å². The molecular weight excluding hydrogens is 730 g/mol. The van der Waals surface area contributed by atoms with Gasteiger partial charge in [-0.3, -0.25) is 9.80 Å². The normalized spacial score (nSPS) is 19.6. The van der Waals surface area contributed by atoms with Gasteiger partial charge in [0.05, 0.1) is 41.5 Å². The van der Waals surface area contributed by atoms with E-state index in [9.17, 15) is 18.4 Å². The monoisotopic (exact) mass is 776 g/mol. The van der Waals surface area contributed by atoms with E-state index >= 15 is 0 Å². The van der Waals surface area contributed by atoms with Gasteiger partial charge < -0.3 is 37.9 Å². The van der Waals surface area contributed by atoms with Gasteiger partial charge in [-0.1, -0.05) is 13.8 Å². The fraction of sp³-hybridized carbons (Fsp3) is 0.381. The Labute approximate surface area is 324 Å². The third-order valence-corrected chi connectivity index (χ3v) is 10.1. The molecule has 0 amide bonds. The van der Waals surface area contributed by atoms with Crippen molar-refractivity contribution >= 4 is 11.9 Å². The van der Waals surface area contributed by atoms with E-state index in [0.29, 0.717) is 84.3 Å². The summed E-state index contributed by atoms with van der Waals surface area (Å²) in [5, 5.41) is 0. The molecule has 0 aromatic heterocycles. The van der Waals surface area contributed by atoms with Crippen molar-refractivity contribution in [3.63, 3.8) is 0 Å². The number of carbonyl (C=O) groups excluding carboxylic acids is 2. The predicted molar refractivity (Wildman–Crippen MR) is 200 cm³/mol. The van der Waals surface area contributed by atoms with Crippen LogP contribution in [0.4, 0.5) is 8.78 Å². The van der Waals surface area contributed by atoms with Crippen LogP contribution in [0.2, 0.25) is 0 Å². The number of benzene rings is 4. The van der Waals surface area contributed by atoms with Crippen LogP contribution in [0.15, 0.2) is 72.8 Å². The molecule has 0 aliphatic carbocycles. The molecule has 0 fully saturated rings. The predicted octanol–water partition coefficient (Wildman–Crippen LogP) is 6.01. The first-order valence-electron chi connectivity index (χ1n) is 18.3. The van der Waals surface area contributed by atoms with Crippen molar-refractivity contribution < 1.29 is 56.3 Å². The molecule has 0 N–H and O–H groups in total. The third-order valence-electron chi connectivity index (χ3n) is 10.1. The molecule has 298 valence electrons. The second kappa shape index (κ2) is 17.0. The zero-order valence-corrected chi connectivity index (χ0v) is 32.3. The number of halogens is 2. The molecule has 0 radical (unpaired) electrons. The number of esters is 2. The van der Waals surface area contributed by atoms with Gasteiger partial charge in [0, 0.05) is 24.2 Å². The van der Waals surface area contributed by atoms with E-state index in [0.717, 1.165) is 0 Å². The summed E-state index contributed by atoms with van der Waals surface area (Å²) < 4.78 is 76.3. The van der Waals surface area contributed by atoms with Gasteiger partial charge in [-0.15, -0.1) is 0 Å². The molecule has 0 bridgehead atoms. The fourth-order valence-electron chi connectivity index (χ4n) is 7.14. The summed E-state index contributed by atoms with van der Waals surface area (Å²) in [5.74, 6) is -5.89. The number of fused-ring (bicyclic) bond motifs is 2. The van der Waals surface area contributed by atoms with Crippen molar-refractivity contribution in [2.24, 2.45) is 0 Å². The first-order valence-corrected chi connectivity index (χ1v) is 18.3. The summed E-state index contributed by atoms with van der Waals surface area (Å²) in [6.07, 6.45) is 1.01. The van der Waals surface area contributed by atoms with Crippen LogP contribution in [-0.2, 0) is 43.5 Å². The number of carbonyl (C=O) groups is 2. The number of ether oxygens (including phenoxy) is 8. The Bertz CT molecular complexity index is 1880. The van der Waals surface area contributed by atoms with Gasteiger partial charge in [0.25, 0.3) is 11.6 Å². The number of hydrogen-bond acceptors (Lipinski definition) is 12. The molecule has 2 heterocycles. The smallest absolute Gasteiger partial charge is 0.421 e. The van der Waals surface area contributed by atoms with E-state index in [1.807, 2.05) is 23.6 Å². The maximum Gasteiger partial charge on any atom is 0.421 e. The van der Waals surface area contributed by atoms with Crippen molar-refractivity contribution in [3.8, 4) is 34.5 Å². The Morgan fingerprint density at radius 2 is 0.911 bits per heavy atom. The minimum absolute atomic E-state index is 0.0248. The van der Waals surface area contributed by atoms with Crippen LogP contribution in [0.3, 0.4) is 0 Å². The molecule has 14 heteroatoms. The Kier molecular flexibility index (Phi) is 12.2. The topological polar surface area (TPSA) is 114 Å². The molecule has 12 nitrogen and oxygen atoms in total. The lowest BCUT2D eigenvalue weighted by molar-refractivity contribution is -0.232. The molecule has 4 aromatic carbocycles. The molecule has 4 aromatic rings. The molecular formula is C42H46F2N2O10. The average molecular weight is 777 g/mol. The summed E-state index contributed by atoms with van der Waals surface area (Å²) in [6, 6.07) is 17.3. The van der Waals surface area contributed by atoms with Crippen molar-refractivity contribution in [3.05, 3.63) is 107 Å². The molecule has 6 rings (SSSR count). The summed E-state index contributed by atoms with van der Waals surface area (Å²) in [4.78, 5) is 32.9. The maximum atomic E-state index is 14.5. The van der Waals surface area contributed by atoms with Crippen LogP contribution in [-0.4, -0.2) is 89.4 Å². The Balaban J connectivity index is 1.48. The van der Waals surface area contributed by atoms with Crippen LogP contribution in [0.5, 0.6) is 34.5 Å². The number of methoxy groups -OCH3 is 4. The fourth-order valence-corrected chi connectivity index (χ4v) is 7.14. The standard InChI is InChI=1S/C42H46F2N2O10/c1-7-45-19-17-27-21-35(49-3)37(51-5)23-33(27)41(25-45,53-31-13-9-29(43)10-14-31)55-39(47)40(48)56-42(54-32-15-11-30(44)12-16-32)26-46(8-2)20-18-28-22-36(50-4)38(52-6)24-34(28)42/h9-16,21-24H,7-8,17-20,25-26H2,1-6H3. The van der Waals surface area contributed by atoms with Crippen LogP contribution in [0.1, 0.15) is 36.1 Å². The number of likely N-dealkylation sites (N-methyl/N-ethyl adjacent to an activating group) is 2. The SMILES string of the molecule is CCN1CCc2cc(OC)c(OC)cc2C(OC(=O)C(=O)OC2(Oc3ccc(F)cc3)CN(CC)CCc3cc(OC)c(OC)cc32)(Oc2ccc(F)cc2)C1. The van der Waals surface area contributed by atoms with E-state index in [1.165, 1.54) is 77.0 Å². The first kappa shape index (κ1) is 40.1. The van der Waals surface area contributed by atoms with Gasteiger partial charge in [0.15, 0.2) is 23.0 Å². The van der Waals surface area contributed by atoms with Crippen molar-refractivity contribution in [2.75, 3.05) is 67.7 Å². The largest absolute Gasteiger partial charge is 0.493 e. The van der Waals surface area contributed by atoms with Crippen molar-refractivity contribution in [2.45, 2.75) is 38.3 Å². The first-order chi connectivity index (χ1) is 27.0. The number of nitrogens with zero attached hydrogens (tertiary/aromatic N) is 2. The number of hydrogen-bond donors (Lipinski definition) is 0. The van der Waals surface area contributed by atoms with Gasteiger partial charge in [-0.2, -0.15) is 0 Å². The summed E-state index contributed by atoms with van der Waals surface area (Å²) in [7, 11) is 5.97.